The van der Waals surface area contributed by atoms with Crippen molar-refractivity contribution in [3.05, 3.63) is 71.0 Å². The molecule has 1 saturated heterocycles. The zero-order valence-corrected chi connectivity index (χ0v) is 16.1. The van der Waals surface area contributed by atoms with Gasteiger partial charge in [-0.3, -0.25) is 4.79 Å². The van der Waals surface area contributed by atoms with Crippen LogP contribution < -0.4 is 5.32 Å². The zero-order valence-electron chi connectivity index (χ0n) is 16.1. The Bertz CT molecular complexity index is 937. The fourth-order valence-corrected chi connectivity index (χ4v) is 4.22. The fourth-order valence-electron chi connectivity index (χ4n) is 4.22. The summed E-state index contributed by atoms with van der Waals surface area (Å²) in [4.78, 5) is 25.7. The van der Waals surface area contributed by atoms with Crippen molar-refractivity contribution in [3.8, 4) is 0 Å². The molecule has 2 aromatic carbocycles. The second-order valence-corrected chi connectivity index (χ2v) is 7.56. The van der Waals surface area contributed by atoms with Crippen molar-refractivity contribution in [2.24, 2.45) is 0 Å². The number of amides is 2. The van der Waals surface area contributed by atoms with E-state index in [4.69, 9.17) is 9.84 Å². The molecule has 1 fully saturated rings. The average molecular weight is 416 g/mol. The molecular weight excluding hydrogens is 394 g/mol. The number of alkyl halides is 1. The molecule has 2 aliphatic heterocycles. The highest BCUT2D eigenvalue weighted by molar-refractivity contribution is 5.82. The number of nitrogens with one attached hydrogen (secondary N) is 1. The molecule has 30 heavy (non-hydrogen) atoms. The molecule has 0 aromatic heterocycles. The number of hydrogen-bond donors (Lipinski definition) is 2. The summed E-state index contributed by atoms with van der Waals surface area (Å²) in [5.74, 6) is -0.719. The Morgan fingerprint density at radius 3 is 2.57 bits per heavy atom. The number of nitrogens with zero attached hydrogens (tertiary/aromatic N) is 1. The van der Waals surface area contributed by atoms with E-state index < -0.39 is 30.5 Å². The first-order valence-electron chi connectivity index (χ1n) is 9.83. The molecule has 0 aliphatic carbocycles. The van der Waals surface area contributed by atoms with Gasteiger partial charge in [-0.1, -0.05) is 36.4 Å². The van der Waals surface area contributed by atoms with Gasteiger partial charge in [0, 0.05) is 13.0 Å². The number of rotatable bonds is 3. The third-order valence-electron chi connectivity index (χ3n) is 5.69. The van der Waals surface area contributed by atoms with E-state index >= 15 is 0 Å². The number of ether oxygens (including phenoxy) is 1. The molecule has 4 atom stereocenters. The number of carbonyl (C=O) groups is 2. The van der Waals surface area contributed by atoms with E-state index in [1.165, 1.54) is 12.1 Å². The highest BCUT2D eigenvalue weighted by atomic mass is 19.1. The molecule has 2 heterocycles. The Morgan fingerprint density at radius 2 is 1.87 bits per heavy atom. The molecule has 2 amide bonds. The normalized spacial score (nSPS) is 26.0. The molecule has 8 heteroatoms. The van der Waals surface area contributed by atoms with Gasteiger partial charge >= 0.3 is 6.09 Å². The van der Waals surface area contributed by atoms with Crippen molar-refractivity contribution in [1.29, 1.82) is 0 Å². The lowest BCUT2D eigenvalue weighted by atomic mass is 9.87. The largest absolute Gasteiger partial charge is 0.465 e. The number of halogens is 2. The van der Waals surface area contributed by atoms with E-state index in [0.29, 0.717) is 13.0 Å². The van der Waals surface area contributed by atoms with Gasteiger partial charge in [0.15, 0.2) is 0 Å². The highest BCUT2D eigenvalue weighted by Gasteiger charge is 2.41. The lowest BCUT2D eigenvalue weighted by molar-refractivity contribution is -0.152. The first kappa shape index (κ1) is 20.3. The molecular formula is C22H22F2N2O4. The predicted molar refractivity (Wildman–Crippen MR) is 104 cm³/mol. The van der Waals surface area contributed by atoms with Crippen LogP contribution in [-0.4, -0.2) is 53.5 Å². The van der Waals surface area contributed by atoms with Crippen LogP contribution in [0.15, 0.2) is 48.5 Å². The lowest BCUT2D eigenvalue weighted by Crippen LogP contribution is -2.54. The summed E-state index contributed by atoms with van der Waals surface area (Å²) in [7, 11) is 0. The monoisotopic (exact) mass is 416 g/mol. The third-order valence-corrected chi connectivity index (χ3v) is 5.69. The molecule has 6 nitrogen and oxygen atoms in total. The maximum atomic E-state index is 14.5. The van der Waals surface area contributed by atoms with E-state index in [2.05, 4.69) is 5.32 Å². The van der Waals surface area contributed by atoms with Gasteiger partial charge in [-0.05, 0) is 35.2 Å². The first-order valence-corrected chi connectivity index (χ1v) is 9.83. The van der Waals surface area contributed by atoms with Crippen molar-refractivity contribution in [1.82, 2.24) is 10.2 Å². The molecule has 2 aromatic rings. The molecule has 4 rings (SSSR count). The molecule has 158 valence electrons. The number of carboxylic acid groups (broad SMARTS) is 1. The van der Waals surface area contributed by atoms with Crippen molar-refractivity contribution in [3.63, 3.8) is 0 Å². The van der Waals surface area contributed by atoms with Crippen molar-refractivity contribution in [2.45, 2.75) is 37.2 Å². The minimum absolute atomic E-state index is 0.213. The summed E-state index contributed by atoms with van der Waals surface area (Å²) in [6.07, 6.45) is -3.43. The first-order chi connectivity index (χ1) is 14.4. The minimum atomic E-state index is -1.52. The third kappa shape index (κ3) is 4.00. The Morgan fingerprint density at radius 1 is 1.13 bits per heavy atom. The SMILES string of the molecule is O=C(O)N[C@H]1CO[C@H](C(=O)N2CCc3ccccc3[C@@H]2c2ccc(F)cc2)C[C@@H]1F. The number of fused-ring (bicyclic) bond motifs is 1. The minimum Gasteiger partial charge on any atom is -0.465 e. The fraction of sp³-hybridized carbons (Fsp3) is 0.364. The van der Waals surface area contributed by atoms with E-state index in [1.807, 2.05) is 24.3 Å². The van der Waals surface area contributed by atoms with Gasteiger partial charge in [0.25, 0.3) is 5.91 Å². The van der Waals surface area contributed by atoms with E-state index in [1.54, 1.807) is 17.0 Å². The van der Waals surface area contributed by atoms with Crippen LogP contribution in [0.3, 0.4) is 0 Å². The van der Waals surface area contributed by atoms with E-state index in [0.717, 1.165) is 16.7 Å². The quantitative estimate of drug-likeness (QED) is 0.806. The van der Waals surface area contributed by atoms with Gasteiger partial charge in [0.2, 0.25) is 0 Å². The van der Waals surface area contributed by atoms with Crippen LogP contribution >= 0.6 is 0 Å². The van der Waals surface area contributed by atoms with Crippen LogP contribution in [0.1, 0.15) is 29.2 Å². The van der Waals surface area contributed by atoms with Gasteiger partial charge in [0.1, 0.15) is 18.1 Å². The number of carbonyl (C=O) groups excluding carboxylic acids is 1. The van der Waals surface area contributed by atoms with E-state index in [9.17, 15) is 18.4 Å². The zero-order chi connectivity index (χ0) is 21.3. The second-order valence-electron chi connectivity index (χ2n) is 7.56. The number of benzene rings is 2. The van der Waals surface area contributed by atoms with Crippen LogP contribution in [0.25, 0.3) is 0 Å². The van der Waals surface area contributed by atoms with Crippen molar-refractivity contribution < 1.29 is 28.2 Å². The summed E-state index contributed by atoms with van der Waals surface area (Å²) in [5.41, 5.74) is 2.81. The summed E-state index contributed by atoms with van der Waals surface area (Å²) >= 11 is 0. The van der Waals surface area contributed by atoms with Gasteiger partial charge in [-0.15, -0.1) is 0 Å². The molecule has 0 bridgehead atoms. The summed E-state index contributed by atoms with van der Waals surface area (Å²) < 4.78 is 33.5. The Labute approximate surface area is 172 Å². The molecule has 2 N–H and O–H groups in total. The smallest absolute Gasteiger partial charge is 0.405 e. The molecule has 0 unspecified atom stereocenters. The standard InChI is InChI=1S/C22H22F2N2O4/c23-15-7-5-14(6-8-15)20-16-4-2-1-3-13(16)9-10-26(20)21(27)19-11-17(24)18(12-30-19)25-22(28)29/h1-8,17-20,25H,9-12H2,(H,28,29)/t17-,18-,19-,20-/m0/s1. The molecule has 2 aliphatic rings. The van der Waals surface area contributed by atoms with Crippen LogP contribution in [0.5, 0.6) is 0 Å². The van der Waals surface area contributed by atoms with E-state index in [-0.39, 0.29) is 24.8 Å². The second kappa shape index (κ2) is 8.39. The summed E-state index contributed by atoms with van der Waals surface area (Å²) in [6, 6.07) is 12.3. The molecule has 0 radical (unpaired) electrons. The van der Waals surface area contributed by atoms with Crippen molar-refractivity contribution >= 4 is 12.0 Å². The summed E-state index contributed by atoms with van der Waals surface area (Å²) in [5, 5.41) is 10.9. The van der Waals surface area contributed by atoms with Gasteiger partial charge in [-0.2, -0.15) is 0 Å². The molecule has 0 saturated carbocycles. The maximum Gasteiger partial charge on any atom is 0.405 e. The Balaban J connectivity index is 1.60. The topological polar surface area (TPSA) is 78.9 Å². The molecule has 0 spiro atoms. The van der Waals surface area contributed by atoms with Crippen LogP contribution in [0.4, 0.5) is 13.6 Å². The predicted octanol–water partition coefficient (Wildman–Crippen LogP) is 3.06. The Kier molecular flexibility index (Phi) is 5.67. The van der Waals surface area contributed by atoms with Gasteiger partial charge in [0.05, 0.1) is 18.7 Å². The van der Waals surface area contributed by atoms with Gasteiger partial charge in [-0.25, -0.2) is 13.6 Å². The summed E-state index contributed by atoms with van der Waals surface area (Å²) in [6.45, 7) is 0.209. The van der Waals surface area contributed by atoms with Crippen LogP contribution in [-0.2, 0) is 16.0 Å². The lowest BCUT2D eigenvalue weighted by Gasteiger charge is -2.41. The average Bonchev–Trinajstić information content (AvgIpc) is 2.74. The van der Waals surface area contributed by atoms with Crippen molar-refractivity contribution in [2.75, 3.05) is 13.2 Å². The van der Waals surface area contributed by atoms with Gasteiger partial charge < -0.3 is 20.1 Å². The van der Waals surface area contributed by atoms with Crippen LogP contribution in [0, 0.1) is 5.82 Å². The Hall–Kier alpha value is -3.00. The number of hydrogen-bond acceptors (Lipinski definition) is 3. The highest BCUT2D eigenvalue weighted by Crippen LogP contribution is 2.36. The van der Waals surface area contributed by atoms with Crippen LogP contribution in [0.2, 0.25) is 0 Å². The maximum absolute atomic E-state index is 14.5.